The molecule has 3 fully saturated rings. The largest absolute Gasteiger partial charge is 0.384 e. The number of hydrogen-bond acceptors (Lipinski definition) is 10. The monoisotopic (exact) mass is 685 g/mol. The number of imide groups is 2. The summed E-state index contributed by atoms with van der Waals surface area (Å²) in [4.78, 5) is 70.8. The van der Waals surface area contributed by atoms with E-state index in [1.807, 2.05) is 24.3 Å². The van der Waals surface area contributed by atoms with E-state index in [2.05, 4.69) is 30.7 Å². The number of amides is 5. The normalized spacial score (nSPS) is 21.8. The quantitative estimate of drug-likeness (QED) is 0.212. The Bertz CT molecular complexity index is 1630. The van der Waals surface area contributed by atoms with E-state index in [1.165, 1.54) is 0 Å². The fraction of sp³-hybridized carbons (Fsp3) is 0.541. The molecule has 1 atom stereocenters. The Kier molecular flexibility index (Phi) is 10.4. The number of benzene rings is 2. The second-order valence-electron chi connectivity index (χ2n) is 13.9. The van der Waals surface area contributed by atoms with Crippen LogP contribution >= 0.6 is 0 Å². The predicted molar refractivity (Wildman–Crippen MR) is 187 cm³/mol. The van der Waals surface area contributed by atoms with Crippen molar-refractivity contribution in [3.05, 3.63) is 58.7 Å². The van der Waals surface area contributed by atoms with Gasteiger partial charge in [0, 0.05) is 82.9 Å². The minimum Gasteiger partial charge on any atom is -0.384 e. The number of piperazine rings is 1. The van der Waals surface area contributed by atoms with Crippen molar-refractivity contribution < 1.29 is 28.7 Å². The molecular weight excluding hydrogens is 638 g/mol. The second kappa shape index (κ2) is 15.3. The van der Waals surface area contributed by atoms with Crippen molar-refractivity contribution in [3.63, 3.8) is 0 Å². The maximum Gasteiger partial charge on any atom is 0.262 e. The number of nitrogens with one attached hydrogen (secondary N) is 3. The number of ether oxygens (including phenoxy) is 1. The van der Waals surface area contributed by atoms with Crippen molar-refractivity contribution in [2.45, 2.75) is 63.6 Å². The van der Waals surface area contributed by atoms with Crippen LogP contribution in [0.1, 0.15) is 81.6 Å². The molecular formula is C37H47N7O6. The number of hydrogen-bond donors (Lipinski definition) is 3. The van der Waals surface area contributed by atoms with E-state index in [-0.39, 0.29) is 24.7 Å². The summed E-state index contributed by atoms with van der Waals surface area (Å²) in [7, 11) is 0. The van der Waals surface area contributed by atoms with Gasteiger partial charge in [-0.05, 0) is 81.4 Å². The molecule has 7 rings (SSSR count). The average Bonchev–Trinajstić information content (AvgIpc) is 3.63. The van der Waals surface area contributed by atoms with Crippen LogP contribution < -0.4 is 20.9 Å². The van der Waals surface area contributed by atoms with E-state index < -0.39 is 23.8 Å². The molecule has 0 radical (unpaired) electrons. The number of rotatable bonds is 13. The summed E-state index contributed by atoms with van der Waals surface area (Å²) in [6, 6.07) is 11.0. The molecule has 266 valence electrons. The molecule has 0 saturated carbocycles. The maximum absolute atomic E-state index is 13.3. The van der Waals surface area contributed by atoms with Gasteiger partial charge in [-0.3, -0.25) is 39.1 Å². The van der Waals surface area contributed by atoms with E-state index in [0.717, 1.165) is 125 Å². The van der Waals surface area contributed by atoms with Crippen molar-refractivity contribution in [1.29, 1.82) is 0 Å². The van der Waals surface area contributed by atoms with Gasteiger partial charge in [-0.15, -0.1) is 0 Å². The molecule has 5 amide bonds. The molecule has 5 aliphatic heterocycles. The lowest BCUT2D eigenvalue weighted by molar-refractivity contribution is -0.136. The highest BCUT2D eigenvalue weighted by atomic mass is 16.5. The standard InChI is InChI=1S/C37H47N7O6/c45-32-10-9-31(34(46)40-32)44-36(48)28-8-7-27(23-29(28)37(44)49)43-19-17-42(18-20-43)26-11-15-41(16-12-26)14-4-22-50-21-2-1-13-38-30-6-3-5-25-24-39-35(47)33(25)30/h3,5-8,23,26,31,38H,1-2,4,9-22,24H2,(H,39,47)(H,40,45,46). The molecule has 13 heteroatoms. The first-order chi connectivity index (χ1) is 24.4. The molecule has 0 bridgehead atoms. The summed E-state index contributed by atoms with van der Waals surface area (Å²) in [6.45, 7) is 9.80. The van der Waals surface area contributed by atoms with E-state index >= 15 is 0 Å². The zero-order chi connectivity index (χ0) is 34.6. The minimum atomic E-state index is -0.953. The molecule has 0 aliphatic carbocycles. The van der Waals surface area contributed by atoms with Crippen LogP contribution in [0.15, 0.2) is 36.4 Å². The third-order valence-corrected chi connectivity index (χ3v) is 10.8. The molecule has 5 heterocycles. The highest BCUT2D eigenvalue weighted by Gasteiger charge is 2.45. The van der Waals surface area contributed by atoms with Crippen molar-refractivity contribution in [1.82, 2.24) is 25.3 Å². The zero-order valence-corrected chi connectivity index (χ0v) is 28.6. The molecule has 50 heavy (non-hydrogen) atoms. The van der Waals surface area contributed by atoms with Crippen molar-refractivity contribution in [2.24, 2.45) is 0 Å². The fourth-order valence-electron chi connectivity index (χ4n) is 7.98. The Labute approximate surface area is 292 Å². The van der Waals surface area contributed by atoms with Crippen LogP contribution in [0, 0.1) is 0 Å². The predicted octanol–water partition coefficient (Wildman–Crippen LogP) is 2.22. The van der Waals surface area contributed by atoms with Crippen molar-refractivity contribution in [2.75, 3.05) is 75.8 Å². The van der Waals surface area contributed by atoms with E-state index in [0.29, 0.717) is 23.7 Å². The Hall–Kier alpha value is -4.33. The molecule has 1 unspecified atom stereocenters. The van der Waals surface area contributed by atoms with Gasteiger partial charge in [0.15, 0.2) is 0 Å². The summed E-state index contributed by atoms with van der Waals surface area (Å²) in [5, 5.41) is 8.54. The Morgan fingerprint density at radius 2 is 1.60 bits per heavy atom. The zero-order valence-electron chi connectivity index (χ0n) is 28.6. The molecule has 0 spiro atoms. The summed E-state index contributed by atoms with van der Waals surface area (Å²) in [5.41, 5.74) is 4.31. The highest BCUT2D eigenvalue weighted by molar-refractivity contribution is 6.23. The van der Waals surface area contributed by atoms with Gasteiger partial charge in [-0.2, -0.15) is 0 Å². The van der Waals surface area contributed by atoms with Gasteiger partial charge >= 0.3 is 0 Å². The van der Waals surface area contributed by atoms with E-state index in [1.54, 1.807) is 12.1 Å². The topological polar surface area (TPSA) is 144 Å². The Morgan fingerprint density at radius 3 is 2.40 bits per heavy atom. The van der Waals surface area contributed by atoms with Gasteiger partial charge in [-0.25, -0.2) is 0 Å². The lowest BCUT2D eigenvalue weighted by Crippen LogP contribution is -2.54. The van der Waals surface area contributed by atoms with Crippen LogP contribution in [0.2, 0.25) is 0 Å². The average molecular weight is 686 g/mol. The molecule has 2 aromatic carbocycles. The lowest BCUT2D eigenvalue weighted by Gasteiger charge is -2.43. The van der Waals surface area contributed by atoms with Crippen LogP contribution in [-0.4, -0.2) is 122 Å². The van der Waals surface area contributed by atoms with Gasteiger partial charge in [0.05, 0.1) is 16.7 Å². The van der Waals surface area contributed by atoms with Crippen molar-refractivity contribution in [3.8, 4) is 0 Å². The minimum absolute atomic E-state index is 0.00596. The summed E-state index contributed by atoms with van der Waals surface area (Å²) in [6.07, 6.45) is 5.59. The number of carbonyl (C=O) groups excluding carboxylic acids is 5. The number of fused-ring (bicyclic) bond motifs is 2. The van der Waals surface area contributed by atoms with E-state index in [9.17, 15) is 24.0 Å². The van der Waals surface area contributed by atoms with Crippen LogP contribution in [0.4, 0.5) is 11.4 Å². The van der Waals surface area contributed by atoms with Gasteiger partial charge in [0.25, 0.3) is 17.7 Å². The summed E-state index contributed by atoms with van der Waals surface area (Å²) >= 11 is 0. The summed E-state index contributed by atoms with van der Waals surface area (Å²) in [5.74, 6) is -1.91. The first kappa shape index (κ1) is 34.1. The summed E-state index contributed by atoms with van der Waals surface area (Å²) < 4.78 is 5.91. The van der Waals surface area contributed by atoms with Gasteiger partial charge in [-0.1, -0.05) is 12.1 Å². The number of piperidine rings is 2. The van der Waals surface area contributed by atoms with Crippen LogP contribution in [0.25, 0.3) is 0 Å². The number of likely N-dealkylation sites (tertiary alicyclic amines) is 1. The first-order valence-corrected chi connectivity index (χ1v) is 18.2. The smallest absolute Gasteiger partial charge is 0.262 e. The Morgan fingerprint density at radius 1 is 0.820 bits per heavy atom. The SMILES string of the molecule is O=C1CCC(N2C(=O)c3ccc(N4CCN(C5CCN(CCCOCCCCNc6cccc7c6C(=O)NC7)CC5)CC4)cc3C2=O)C(=O)N1. The first-order valence-electron chi connectivity index (χ1n) is 18.2. The molecule has 2 aromatic rings. The Balaban J connectivity index is 0.767. The second-order valence-corrected chi connectivity index (χ2v) is 13.9. The third-order valence-electron chi connectivity index (χ3n) is 10.8. The maximum atomic E-state index is 13.3. The van der Waals surface area contributed by atoms with Crippen LogP contribution in [0.3, 0.4) is 0 Å². The van der Waals surface area contributed by atoms with Crippen LogP contribution in [0.5, 0.6) is 0 Å². The molecule has 5 aliphatic rings. The molecule has 13 nitrogen and oxygen atoms in total. The van der Waals surface area contributed by atoms with Gasteiger partial charge in [0.1, 0.15) is 6.04 Å². The number of carbonyl (C=O) groups is 5. The number of unbranched alkanes of at least 4 members (excludes halogenated alkanes) is 1. The van der Waals surface area contributed by atoms with Gasteiger partial charge in [0.2, 0.25) is 11.8 Å². The molecule has 3 N–H and O–H groups in total. The lowest BCUT2D eigenvalue weighted by atomic mass is 10.0. The van der Waals surface area contributed by atoms with E-state index in [4.69, 9.17) is 4.74 Å². The third kappa shape index (κ3) is 7.26. The highest BCUT2D eigenvalue weighted by Crippen LogP contribution is 2.31. The number of nitrogens with zero attached hydrogens (tertiary/aromatic N) is 4. The van der Waals surface area contributed by atoms with Gasteiger partial charge < -0.3 is 25.2 Å². The molecule has 0 aromatic heterocycles. The fourth-order valence-corrected chi connectivity index (χ4v) is 7.98. The van der Waals surface area contributed by atoms with Crippen molar-refractivity contribution >= 4 is 40.9 Å². The van der Waals surface area contributed by atoms with Crippen LogP contribution in [-0.2, 0) is 20.9 Å². The molecule has 3 saturated heterocycles. The number of anilines is 2.